The lowest BCUT2D eigenvalue weighted by atomic mass is 10.1. The fourth-order valence-corrected chi connectivity index (χ4v) is 1.50. The lowest BCUT2D eigenvalue weighted by Crippen LogP contribution is -1.89. The minimum absolute atomic E-state index is 0.0874. The molecule has 1 aliphatic heterocycles. The Morgan fingerprint density at radius 3 is 2.83 bits per heavy atom. The van der Waals surface area contributed by atoms with E-state index in [4.69, 9.17) is 16.3 Å². The van der Waals surface area contributed by atoms with Crippen LogP contribution in [0.5, 0.6) is 0 Å². The molecule has 1 aliphatic rings. The molecular formula is C8H5BrClFO. The minimum Gasteiger partial charge on any atom is -0.368 e. The summed E-state index contributed by atoms with van der Waals surface area (Å²) < 4.78 is 18.8. The van der Waals surface area contributed by atoms with E-state index in [0.717, 1.165) is 0 Å². The highest BCUT2D eigenvalue weighted by atomic mass is 79.9. The van der Waals surface area contributed by atoms with Gasteiger partial charge in [0.15, 0.2) is 0 Å². The summed E-state index contributed by atoms with van der Waals surface area (Å²) >= 11 is 8.81. The summed E-state index contributed by atoms with van der Waals surface area (Å²) in [6, 6.07) is 3.41. The lowest BCUT2D eigenvalue weighted by molar-refractivity contribution is 0.408. The summed E-state index contributed by atoms with van der Waals surface area (Å²) in [5, 5.41) is 0.128. The SMILES string of the molecule is Fc1c(C2CO2)ccc(Br)c1Cl. The van der Waals surface area contributed by atoms with Gasteiger partial charge in [-0.25, -0.2) is 4.39 Å². The van der Waals surface area contributed by atoms with Crippen molar-refractivity contribution in [2.24, 2.45) is 0 Å². The molecule has 0 amide bonds. The van der Waals surface area contributed by atoms with Crippen molar-refractivity contribution in [3.8, 4) is 0 Å². The van der Waals surface area contributed by atoms with Crippen LogP contribution in [0.25, 0.3) is 0 Å². The second-order valence-corrected chi connectivity index (χ2v) is 3.82. The molecule has 0 aliphatic carbocycles. The van der Waals surface area contributed by atoms with Crippen molar-refractivity contribution >= 4 is 27.5 Å². The van der Waals surface area contributed by atoms with Crippen LogP contribution in [0.2, 0.25) is 5.02 Å². The molecule has 1 aromatic rings. The van der Waals surface area contributed by atoms with Gasteiger partial charge in [0.25, 0.3) is 0 Å². The van der Waals surface area contributed by atoms with E-state index in [0.29, 0.717) is 16.6 Å². The van der Waals surface area contributed by atoms with E-state index in [-0.39, 0.29) is 16.9 Å². The standard InChI is InChI=1S/C8H5BrClFO/c9-5-2-1-4(6-3-12-6)8(11)7(5)10/h1-2,6H,3H2. The average molecular weight is 251 g/mol. The smallest absolute Gasteiger partial charge is 0.148 e. The first kappa shape index (κ1) is 8.48. The normalized spacial score (nSPS) is 21.1. The molecule has 1 heterocycles. The van der Waals surface area contributed by atoms with Gasteiger partial charge < -0.3 is 4.74 Å². The number of halogens is 3. The third kappa shape index (κ3) is 1.37. The molecule has 1 aromatic carbocycles. The highest BCUT2D eigenvalue weighted by Crippen LogP contribution is 2.36. The fraction of sp³-hybridized carbons (Fsp3) is 0.250. The van der Waals surface area contributed by atoms with Gasteiger partial charge in [0.2, 0.25) is 0 Å². The molecule has 0 radical (unpaired) electrons. The van der Waals surface area contributed by atoms with E-state index in [2.05, 4.69) is 15.9 Å². The summed E-state index contributed by atoms with van der Waals surface area (Å²) in [4.78, 5) is 0. The number of ether oxygens (including phenoxy) is 1. The zero-order valence-electron chi connectivity index (χ0n) is 5.98. The van der Waals surface area contributed by atoms with Crippen LogP contribution in [-0.4, -0.2) is 6.61 Å². The summed E-state index contributed by atoms with van der Waals surface area (Å²) in [7, 11) is 0. The van der Waals surface area contributed by atoms with Crippen molar-refractivity contribution in [1.29, 1.82) is 0 Å². The van der Waals surface area contributed by atoms with Crippen molar-refractivity contribution in [1.82, 2.24) is 0 Å². The van der Waals surface area contributed by atoms with Crippen LogP contribution in [-0.2, 0) is 4.74 Å². The molecular weight excluding hydrogens is 246 g/mol. The Bertz CT molecular complexity index is 325. The molecule has 0 N–H and O–H groups in total. The Morgan fingerprint density at radius 1 is 1.58 bits per heavy atom. The lowest BCUT2D eigenvalue weighted by Gasteiger charge is -2.02. The Balaban J connectivity index is 2.49. The molecule has 4 heteroatoms. The quantitative estimate of drug-likeness (QED) is 0.551. The molecule has 1 atom stereocenters. The molecule has 0 bridgehead atoms. The molecule has 0 aromatic heterocycles. The first-order valence-corrected chi connectivity index (χ1v) is 4.62. The van der Waals surface area contributed by atoms with Crippen molar-refractivity contribution < 1.29 is 9.13 Å². The van der Waals surface area contributed by atoms with E-state index < -0.39 is 0 Å². The molecule has 1 saturated heterocycles. The highest BCUT2D eigenvalue weighted by molar-refractivity contribution is 9.10. The molecule has 2 rings (SSSR count). The Labute approximate surface area is 82.6 Å². The number of hydrogen-bond donors (Lipinski definition) is 0. The van der Waals surface area contributed by atoms with Crippen molar-refractivity contribution in [3.05, 3.63) is 33.0 Å². The maximum absolute atomic E-state index is 13.3. The monoisotopic (exact) mass is 250 g/mol. The maximum atomic E-state index is 13.3. The van der Waals surface area contributed by atoms with Crippen LogP contribution in [0.3, 0.4) is 0 Å². The van der Waals surface area contributed by atoms with Crippen LogP contribution in [0, 0.1) is 5.82 Å². The number of hydrogen-bond acceptors (Lipinski definition) is 1. The Morgan fingerprint density at radius 2 is 2.25 bits per heavy atom. The van der Waals surface area contributed by atoms with Crippen molar-refractivity contribution in [2.45, 2.75) is 6.10 Å². The van der Waals surface area contributed by atoms with E-state index in [9.17, 15) is 4.39 Å². The second-order valence-electron chi connectivity index (χ2n) is 2.59. The van der Waals surface area contributed by atoms with Gasteiger partial charge in [0.1, 0.15) is 11.9 Å². The summed E-state index contributed by atoms with van der Waals surface area (Å²) in [5.74, 6) is -0.381. The molecule has 1 unspecified atom stereocenters. The number of rotatable bonds is 1. The van der Waals surface area contributed by atoms with Crippen LogP contribution >= 0.6 is 27.5 Å². The van der Waals surface area contributed by atoms with Gasteiger partial charge in [-0.2, -0.15) is 0 Å². The van der Waals surface area contributed by atoms with Crippen LogP contribution in [0.15, 0.2) is 16.6 Å². The predicted octanol–water partition coefficient (Wildman–Crippen LogP) is 3.31. The zero-order valence-corrected chi connectivity index (χ0v) is 8.32. The van der Waals surface area contributed by atoms with Crippen LogP contribution in [0.1, 0.15) is 11.7 Å². The second kappa shape index (κ2) is 2.98. The molecule has 0 spiro atoms. The summed E-state index contributed by atoms with van der Waals surface area (Å²) in [5.41, 5.74) is 0.545. The first-order valence-electron chi connectivity index (χ1n) is 3.45. The third-order valence-electron chi connectivity index (χ3n) is 1.75. The zero-order chi connectivity index (χ0) is 8.72. The maximum Gasteiger partial charge on any atom is 0.148 e. The van der Waals surface area contributed by atoms with Gasteiger partial charge in [-0.15, -0.1) is 0 Å². The van der Waals surface area contributed by atoms with Gasteiger partial charge in [0.05, 0.1) is 11.6 Å². The Hall–Kier alpha value is -0.120. The first-order chi connectivity index (χ1) is 5.70. The molecule has 1 fully saturated rings. The summed E-state index contributed by atoms with van der Waals surface area (Å²) in [6.45, 7) is 0.592. The highest BCUT2D eigenvalue weighted by Gasteiger charge is 2.29. The van der Waals surface area contributed by atoms with Crippen LogP contribution in [0.4, 0.5) is 4.39 Å². The van der Waals surface area contributed by atoms with Crippen molar-refractivity contribution in [2.75, 3.05) is 6.61 Å². The van der Waals surface area contributed by atoms with E-state index in [1.807, 2.05) is 0 Å². The molecule has 0 saturated carbocycles. The molecule has 1 nitrogen and oxygen atoms in total. The van der Waals surface area contributed by atoms with E-state index in [1.54, 1.807) is 12.1 Å². The van der Waals surface area contributed by atoms with E-state index >= 15 is 0 Å². The fourth-order valence-electron chi connectivity index (χ4n) is 1.02. The topological polar surface area (TPSA) is 12.5 Å². The minimum atomic E-state index is -0.381. The van der Waals surface area contributed by atoms with E-state index in [1.165, 1.54) is 0 Å². The van der Waals surface area contributed by atoms with Crippen molar-refractivity contribution in [3.63, 3.8) is 0 Å². The van der Waals surface area contributed by atoms with Gasteiger partial charge in [-0.3, -0.25) is 0 Å². The molecule has 12 heavy (non-hydrogen) atoms. The van der Waals surface area contributed by atoms with Gasteiger partial charge in [-0.05, 0) is 22.0 Å². The largest absolute Gasteiger partial charge is 0.368 e. The Kier molecular flexibility index (Phi) is 2.10. The molecule has 64 valence electrons. The van der Waals surface area contributed by atoms with Gasteiger partial charge >= 0.3 is 0 Å². The average Bonchev–Trinajstić information content (AvgIpc) is 2.84. The number of epoxide rings is 1. The van der Waals surface area contributed by atoms with Crippen LogP contribution < -0.4 is 0 Å². The van der Waals surface area contributed by atoms with Gasteiger partial charge in [0, 0.05) is 10.0 Å². The van der Waals surface area contributed by atoms with Gasteiger partial charge in [-0.1, -0.05) is 17.7 Å². The predicted molar refractivity (Wildman–Crippen MR) is 47.8 cm³/mol. The number of benzene rings is 1. The third-order valence-corrected chi connectivity index (χ3v) is 3.00. The summed E-state index contributed by atoms with van der Waals surface area (Å²) in [6.07, 6.45) is -0.0874.